The third kappa shape index (κ3) is 5.03. The molecule has 0 spiro atoms. The van der Waals surface area contributed by atoms with Gasteiger partial charge < -0.3 is 10.6 Å². The molecule has 2 aromatic heterocycles. The van der Waals surface area contributed by atoms with Crippen LogP contribution in [0.4, 0.5) is 5.69 Å². The number of carbonyl (C=O) groups excluding carboxylic acids is 2. The number of amides is 2. The molecular weight excluding hydrogens is 561 g/mol. The molecule has 7 nitrogen and oxygen atoms in total. The molecule has 0 unspecified atom stereocenters. The van der Waals surface area contributed by atoms with E-state index in [1.165, 1.54) is 16.9 Å². The van der Waals surface area contributed by atoms with Crippen LogP contribution in [0.3, 0.4) is 0 Å². The van der Waals surface area contributed by atoms with Crippen LogP contribution in [0.2, 0.25) is 10.2 Å². The van der Waals surface area contributed by atoms with Crippen LogP contribution in [0.15, 0.2) is 45.5 Å². The smallest absolute Gasteiger partial charge is 0.274 e. The molecule has 0 aliphatic rings. The van der Waals surface area contributed by atoms with Crippen molar-refractivity contribution in [2.75, 3.05) is 5.32 Å². The van der Waals surface area contributed by atoms with Crippen LogP contribution in [0.1, 0.15) is 34.7 Å². The average Bonchev–Trinajstić information content (AvgIpc) is 3.05. The first-order chi connectivity index (χ1) is 14.2. The molecular formula is C19H15Br2Cl2N5O2. The van der Waals surface area contributed by atoms with Crippen LogP contribution < -0.4 is 10.6 Å². The fraction of sp³-hybridized carbons (Fsp3) is 0.158. The molecule has 2 amide bonds. The van der Waals surface area contributed by atoms with Gasteiger partial charge in [0.25, 0.3) is 11.8 Å². The third-order valence-corrected chi connectivity index (χ3v) is 5.37. The molecule has 1 aromatic carbocycles. The standard InChI is InChI=1S/C19H15Br2Cl2N5O2/c1-9(2)25-18(29)11-6-10(20)7-12(21)16(11)26-19(30)14-8-15(23)27-28(14)17-13(22)4-3-5-24-17/h3-9H,1-2H3,(H,25,29)(H,26,30). The third-order valence-electron chi connectivity index (χ3n) is 3.81. The topological polar surface area (TPSA) is 88.9 Å². The van der Waals surface area contributed by atoms with Gasteiger partial charge in [0.2, 0.25) is 0 Å². The Morgan fingerprint density at radius 1 is 1.13 bits per heavy atom. The number of nitrogens with one attached hydrogen (secondary N) is 2. The first-order valence-electron chi connectivity index (χ1n) is 8.65. The Labute approximate surface area is 199 Å². The highest BCUT2D eigenvalue weighted by molar-refractivity contribution is 9.11. The van der Waals surface area contributed by atoms with Gasteiger partial charge in [-0.05, 0) is 54.0 Å². The molecule has 0 radical (unpaired) electrons. The number of aromatic nitrogens is 3. The number of halogens is 4. The summed E-state index contributed by atoms with van der Waals surface area (Å²) in [5.41, 5.74) is 0.689. The predicted octanol–water partition coefficient (Wildman–Crippen LogP) is 5.49. The predicted molar refractivity (Wildman–Crippen MR) is 124 cm³/mol. The van der Waals surface area contributed by atoms with Crippen LogP contribution in [-0.2, 0) is 0 Å². The Morgan fingerprint density at radius 2 is 1.87 bits per heavy atom. The fourth-order valence-electron chi connectivity index (χ4n) is 2.61. The lowest BCUT2D eigenvalue weighted by atomic mass is 10.1. The summed E-state index contributed by atoms with van der Waals surface area (Å²) in [6.07, 6.45) is 1.53. The van der Waals surface area contributed by atoms with Crippen LogP contribution in [0, 0.1) is 0 Å². The van der Waals surface area contributed by atoms with Gasteiger partial charge in [0.05, 0.1) is 16.3 Å². The molecule has 3 aromatic rings. The molecule has 3 rings (SSSR count). The second-order valence-electron chi connectivity index (χ2n) is 6.47. The minimum Gasteiger partial charge on any atom is -0.350 e. The van der Waals surface area contributed by atoms with Gasteiger partial charge in [0.15, 0.2) is 11.0 Å². The van der Waals surface area contributed by atoms with Crippen LogP contribution in [0.25, 0.3) is 5.82 Å². The maximum Gasteiger partial charge on any atom is 0.274 e. The second-order valence-corrected chi connectivity index (χ2v) is 9.03. The monoisotopic (exact) mass is 573 g/mol. The van der Waals surface area contributed by atoms with E-state index >= 15 is 0 Å². The van der Waals surface area contributed by atoms with E-state index in [0.717, 1.165) is 0 Å². The molecule has 156 valence electrons. The van der Waals surface area contributed by atoms with Crippen molar-refractivity contribution >= 4 is 72.6 Å². The van der Waals surface area contributed by atoms with Crippen molar-refractivity contribution in [2.24, 2.45) is 0 Å². The first kappa shape index (κ1) is 22.7. The molecule has 0 aliphatic heterocycles. The lowest BCUT2D eigenvalue weighted by Crippen LogP contribution is -2.31. The minimum atomic E-state index is -0.544. The Balaban J connectivity index is 2.02. The zero-order valence-electron chi connectivity index (χ0n) is 15.7. The quantitative estimate of drug-likeness (QED) is 0.421. The number of benzene rings is 1. The van der Waals surface area contributed by atoms with E-state index in [1.54, 1.807) is 24.3 Å². The number of hydrogen-bond donors (Lipinski definition) is 2. The SMILES string of the molecule is CC(C)NC(=O)c1cc(Br)cc(Br)c1NC(=O)c1cc(Cl)nn1-c1ncccc1Cl. The Morgan fingerprint density at radius 3 is 2.53 bits per heavy atom. The lowest BCUT2D eigenvalue weighted by molar-refractivity contribution is 0.0944. The van der Waals surface area contributed by atoms with Crippen molar-refractivity contribution in [2.45, 2.75) is 19.9 Å². The van der Waals surface area contributed by atoms with Crippen molar-refractivity contribution in [3.05, 3.63) is 66.9 Å². The lowest BCUT2D eigenvalue weighted by Gasteiger charge is -2.16. The molecule has 11 heteroatoms. The van der Waals surface area contributed by atoms with Crippen LogP contribution in [-0.4, -0.2) is 32.6 Å². The molecule has 30 heavy (non-hydrogen) atoms. The summed E-state index contributed by atoms with van der Waals surface area (Å²) in [6.45, 7) is 3.70. The number of carbonyl (C=O) groups is 2. The maximum atomic E-state index is 13.1. The number of nitrogens with zero attached hydrogens (tertiary/aromatic N) is 3. The van der Waals surface area contributed by atoms with Crippen molar-refractivity contribution < 1.29 is 9.59 Å². The zero-order chi connectivity index (χ0) is 22.0. The van der Waals surface area contributed by atoms with E-state index in [1.807, 2.05) is 13.8 Å². The van der Waals surface area contributed by atoms with E-state index in [2.05, 4.69) is 52.6 Å². The summed E-state index contributed by atoms with van der Waals surface area (Å²) in [4.78, 5) is 29.9. The molecule has 0 saturated heterocycles. The first-order valence-corrected chi connectivity index (χ1v) is 11.0. The Bertz CT molecular complexity index is 1130. The van der Waals surface area contributed by atoms with E-state index in [0.29, 0.717) is 19.7 Å². The average molecular weight is 576 g/mol. The van der Waals surface area contributed by atoms with E-state index in [-0.39, 0.29) is 34.2 Å². The summed E-state index contributed by atoms with van der Waals surface area (Å²) < 4.78 is 2.45. The van der Waals surface area contributed by atoms with Gasteiger partial charge in [0.1, 0.15) is 5.69 Å². The van der Waals surface area contributed by atoms with Crippen molar-refractivity contribution in [1.29, 1.82) is 0 Å². The van der Waals surface area contributed by atoms with Crippen molar-refractivity contribution in [1.82, 2.24) is 20.1 Å². The van der Waals surface area contributed by atoms with Gasteiger partial charge in [-0.3, -0.25) is 9.59 Å². The highest BCUT2D eigenvalue weighted by Gasteiger charge is 2.23. The van der Waals surface area contributed by atoms with E-state index < -0.39 is 5.91 Å². The molecule has 2 heterocycles. The summed E-state index contributed by atoms with van der Waals surface area (Å²) in [5, 5.41) is 10.1. The zero-order valence-corrected chi connectivity index (χ0v) is 20.4. The Kier molecular flexibility index (Phi) is 7.18. The largest absolute Gasteiger partial charge is 0.350 e. The molecule has 0 atom stereocenters. The molecule has 0 saturated carbocycles. The van der Waals surface area contributed by atoms with E-state index in [9.17, 15) is 9.59 Å². The molecule has 2 N–H and O–H groups in total. The number of anilines is 1. The molecule has 0 aliphatic carbocycles. The van der Waals surface area contributed by atoms with Gasteiger partial charge in [0, 0.05) is 27.3 Å². The van der Waals surface area contributed by atoms with Crippen molar-refractivity contribution in [3.63, 3.8) is 0 Å². The van der Waals surface area contributed by atoms with Gasteiger partial charge in [-0.1, -0.05) is 39.1 Å². The fourth-order valence-corrected chi connectivity index (χ4v) is 4.31. The maximum absolute atomic E-state index is 13.1. The van der Waals surface area contributed by atoms with Gasteiger partial charge in [-0.15, -0.1) is 0 Å². The number of hydrogen-bond acceptors (Lipinski definition) is 4. The van der Waals surface area contributed by atoms with Crippen LogP contribution >= 0.6 is 55.1 Å². The summed E-state index contributed by atoms with van der Waals surface area (Å²) in [6, 6.07) is 7.95. The number of pyridine rings is 1. The van der Waals surface area contributed by atoms with Gasteiger partial charge >= 0.3 is 0 Å². The summed E-state index contributed by atoms with van der Waals surface area (Å²) in [7, 11) is 0. The highest BCUT2D eigenvalue weighted by Crippen LogP contribution is 2.32. The summed E-state index contributed by atoms with van der Waals surface area (Å²) in [5.74, 6) is -0.622. The van der Waals surface area contributed by atoms with Gasteiger partial charge in [-0.2, -0.15) is 5.10 Å². The molecule has 0 fully saturated rings. The summed E-state index contributed by atoms with van der Waals surface area (Å²) >= 11 is 19.0. The molecule has 0 bridgehead atoms. The van der Waals surface area contributed by atoms with E-state index in [4.69, 9.17) is 23.2 Å². The highest BCUT2D eigenvalue weighted by atomic mass is 79.9. The normalized spacial score (nSPS) is 10.9. The number of rotatable bonds is 5. The minimum absolute atomic E-state index is 0.0784. The Hall–Kier alpha value is -1.94. The van der Waals surface area contributed by atoms with Crippen LogP contribution in [0.5, 0.6) is 0 Å². The van der Waals surface area contributed by atoms with Crippen molar-refractivity contribution in [3.8, 4) is 5.82 Å². The second kappa shape index (κ2) is 9.47. The van der Waals surface area contributed by atoms with Gasteiger partial charge in [-0.25, -0.2) is 9.67 Å².